The van der Waals surface area contributed by atoms with Gasteiger partial charge < -0.3 is 20.1 Å². The van der Waals surface area contributed by atoms with E-state index >= 15 is 0 Å². The fourth-order valence-electron chi connectivity index (χ4n) is 4.94. The van der Waals surface area contributed by atoms with Crippen molar-refractivity contribution >= 4 is 5.91 Å². The third-order valence-electron chi connectivity index (χ3n) is 6.64. The molecule has 0 unspecified atom stereocenters. The van der Waals surface area contributed by atoms with Crippen LogP contribution in [0.15, 0.2) is 97.1 Å². The van der Waals surface area contributed by atoms with Gasteiger partial charge >= 0.3 is 0 Å². The van der Waals surface area contributed by atoms with Gasteiger partial charge in [-0.25, -0.2) is 0 Å². The number of rotatable bonds is 7. The minimum Gasteiger partial charge on any atom is -0.332 e. The fourth-order valence-corrected chi connectivity index (χ4v) is 4.94. The van der Waals surface area contributed by atoms with E-state index in [0.717, 1.165) is 54.4 Å². The lowest BCUT2D eigenvalue weighted by Gasteiger charge is -2.36. The maximum Gasteiger partial charge on any atom is 0.256 e. The van der Waals surface area contributed by atoms with Crippen LogP contribution in [0.25, 0.3) is 16.9 Å². The summed E-state index contributed by atoms with van der Waals surface area (Å²) in [6.45, 7) is 5.89. The van der Waals surface area contributed by atoms with Crippen molar-refractivity contribution in [3.05, 3.63) is 114 Å². The van der Waals surface area contributed by atoms with E-state index < -0.39 is 0 Å². The van der Waals surface area contributed by atoms with Crippen LogP contribution in [0.5, 0.6) is 0 Å². The average molecular weight is 465 g/mol. The summed E-state index contributed by atoms with van der Waals surface area (Å²) in [6, 6.07) is 33.0. The Hall–Kier alpha value is -3.67. The number of para-hydroxylation sites is 1. The molecule has 2 heterocycles. The minimum atomic E-state index is 0.0870. The standard InChI is InChI=1S/C30H32N4O/c1-23-19-28(29(25-13-7-3-8-14-25)34(23)26-15-9-4-10-16-26)30(35)33-18-17-31-21-27(33)22-32-20-24-11-5-2-6-12-24/h2-16,19,27,31-32H,17-18,20-22H2,1H3/t27-/m0/s1. The third-order valence-corrected chi connectivity index (χ3v) is 6.64. The lowest BCUT2D eigenvalue weighted by atomic mass is 10.0. The van der Waals surface area contributed by atoms with Crippen LogP contribution >= 0.6 is 0 Å². The first-order valence-corrected chi connectivity index (χ1v) is 12.3. The molecule has 0 bridgehead atoms. The number of benzene rings is 3. The van der Waals surface area contributed by atoms with Crippen molar-refractivity contribution in [2.75, 3.05) is 26.2 Å². The SMILES string of the molecule is Cc1cc(C(=O)N2CCNC[C@H]2CNCc2ccccc2)c(-c2ccccc2)n1-c1ccccc1. The lowest BCUT2D eigenvalue weighted by Crippen LogP contribution is -2.57. The molecule has 1 aromatic heterocycles. The molecule has 178 valence electrons. The quantitative estimate of drug-likeness (QED) is 0.418. The van der Waals surface area contributed by atoms with E-state index in [0.29, 0.717) is 6.54 Å². The van der Waals surface area contributed by atoms with Gasteiger partial charge in [0.05, 0.1) is 17.3 Å². The number of hydrogen-bond donors (Lipinski definition) is 2. The lowest BCUT2D eigenvalue weighted by molar-refractivity contribution is 0.0635. The number of nitrogens with one attached hydrogen (secondary N) is 2. The van der Waals surface area contributed by atoms with Gasteiger partial charge in [0, 0.05) is 44.1 Å². The van der Waals surface area contributed by atoms with Crippen molar-refractivity contribution in [1.29, 1.82) is 0 Å². The fraction of sp³-hybridized carbons (Fsp3) is 0.233. The van der Waals surface area contributed by atoms with Crippen LogP contribution in [-0.2, 0) is 6.54 Å². The Kier molecular flexibility index (Phi) is 7.07. The maximum atomic E-state index is 14.1. The zero-order valence-corrected chi connectivity index (χ0v) is 20.2. The van der Waals surface area contributed by atoms with Crippen molar-refractivity contribution in [2.45, 2.75) is 19.5 Å². The van der Waals surface area contributed by atoms with Gasteiger partial charge in [-0.3, -0.25) is 4.79 Å². The molecule has 1 atom stereocenters. The van der Waals surface area contributed by atoms with Crippen molar-refractivity contribution < 1.29 is 4.79 Å². The minimum absolute atomic E-state index is 0.0870. The van der Waals surface area contributed by atoms with Crippen LogP contribution < -0.4 is 10.6 Å². The Bertz CT molecular complexity index is 1250. The van der Waals surface area contributed by atoms with E-state index in [-0.39, 0.29) is 11.9 Å². The molecule has 0 radical (unpaired) electrons. The van der Waals surface area contributed by atoms with Gasteiger partial charge in [-0.15, -0.1) is 0 Å². The molecule has 4 aromatic rings. The van der Waals surface area contributed by atoms with Gasteiger partial charge in [-0.2, -0.15) is 0 Å². The van der Waals surface area contributed by atoms with Crippen LogP contribution in [0.1, 0.15) is 21.6 Å². The van der Waals surface area contributed by atoms with Crippen LogP contribution in [-0.4, -0.2) is 47.6 Å². The molecule has 5 heteroatoms. The van der Waals surface area contributed by atoms with Gasteiger partial charge in [0.25, 0.3) is 5.91 Å². The zero-order valence-electron chi connectivity index (χ0n) is 20.2. The Morgan fingerprint density at radius 3 is 2.31 bits per heavy atom. The molecule has 2 N–H and O–H groups in total. The van der Waals surface area contributed by atoms with E-state index in [9.17, 15) is 4.79 Å². The molecular weight excluding hydrogens is 432 g/mol. The second kappa shape index (κ2) is 10.7. The smallest absolute Gasteiger partial charge is 0.256 e. The number of hydrogen-bond acceptors (Lipinski definition) is 3. The molecule has 5 nitrogen and oxygen atoms in total. The van der Waals surface area contributed by atoms with Crippen LogP contribution in [0.2, 0.25) is 0 Å². The highest BCUT2D eigenvalue weighted by molar-refractivity contribution is 6.01. The van der Waals surface area contributed by atoms with E-state index in [1.165, 1.54) is 5.56 Å². The van der Waals surface area contributed by atoms with Gasteiger partial charge in [0.1, 0.15) is 0 Å². The molecule has 1 aliphatic heterocycles. The topological polar surface area (TPSA) is 49.3 Å². The van der Waals surface area contributed by atoms with Gasteiger partial charge in [-0.1, -0.05) is 78.9 Å². The highest BCUT2D eigenvalue weighted by Gasteiger charge is 2.31. The number of piperazine rings is 1. The Balaban J connectivity index is 1.45. The Morgan fingerprint density at radius 2 is 1.60 bits per heavy atom. The van der Waals surface area contributed by atoms with Crippen LogP contribution in [0.4, 0.5) is 0 Å². The first kappa shape index (κ1) is 23.1. The number of aryl methyl sites for hydroxylation is 1. The summed E-state index contributed by atoms with van der Waals surface area (Å²) < 4.78 is 2.20. The van der Waals surface area contributed by atoms with Gasteiger partial charge in [-0.05, 0) is 36.2 Å². The number of amides is 1. The maximum absolute atomic E-state index is 14.1. The normalized spacial score (nSPS) is 15.8. The number of carbonyl (C=O) groups excluding carboxylic acids is 1. The highest BCUT2D eigenvalue weighted by Crippen LogP contribution is 2.32. The summed E-state index contributed by atoms with van der Waals surface area (Å²) in [5.41, 5.74) is 6.11. The molecule has 5 rings (SSSR count). The molecule has 1 saturated heterocycles. The largest absolute Gasteiger partial charge is 0.332 e. The summed E-state index contributed by atoms with van der Waals surface area (Å²) in [5, 5.41) is 7.03. The summed E-state index contributed by atoms with van der Waals surface area (Å²) in [6.07, 6.45) is 0. The second-order valence-corrected chi connectivity index (χ2v) is 9.06. The summed E-state index contributed by atoms with van der Waals surface area (Å²) in [7, 11) is 0. The molecule has 3 aromatic carbocycles. The van der Waals surface area contributed by atoms with E-state index in [4.69, 9.17) is 0 Å². The molecule has 35 heavy (non-hydrogen) atoms. The highest BCUT2D eigenvalue weighted by atomic mass is 16.2. The third kappa shape index (κ3) is 5.06. The molecule has 0 spiro atoms. The predicted molar refractivity (Wildman–Crippen MR) is 142 cm³/mol. The zero-order chi connectivity index (χ0) is 24.0. The number of aromatic nitrogens is 1. The van der Waals surface area contributed by atoms with E-state index in [1.54, 1.807) is 0 Å². The van der Waals surface area contributed by atoms with Crippen molar-refractivity contribution in [3.63, 3.8) is 0 Å². The van der Waals surface area contributed by atoms with Crippen LogP contribution in [0.3, 0.4) is 0 Å². The molecule has 0 aliphatic carbocycles. The molecule has 1 fully saturated rings. The molecule has 0 saturated carbocycles. The van der Waals surface area contributed by atoms with Crippen molar-refractivity contribution in [3.8, 4) is 16.9 Å². The first-order chi connectivity index (χ1) is 17.2. The van der Waals surface area contributed by atoms with Gasteiger partial charge in [0.15, 0.2) is 0 Å². The predicted octanol–water partition coefficient (Wildman–Crippen LogP) is 4.66. The molecule has 1 aliphatic rings. The molecular formula is C30H32N4O. The number of carbonyl (C=O) groups is 1. The van der Waals surface area contributed by atoms with E-state index in [1.807, 2.05) is 53.4 Å². The Morgan fingerprint density at radius 1 is 0.943 bits per heavy atom. The van der Waals surface area contributed by atoms with Gasteiger partial charge in [0.2, 0.25) is 0 Å². The number of nitrogens with zero attached hydrogens (tertiary/aromatic N) is 2. The van der Waals surface area contributed by atoms with Crippen molar-refractivity contribution in [2.24, 2.45) is 0 Å². The Labute approximate surface area is 207 Å². The first-order valence-electron chi connectivity index (χ1n) is 12.3. The van der Waals surface area contributed by atoms with E-state index in [2.05, 4.69) is 70.7 Å². The summed E-state index contributed by atoms with van der Waals surface area (Å²) in [5.74, 6) is 0.0923. The second-order valence-electron chi connectivity index (χ2n) is 9.06. The summed E-state index contributed by atoms with van der Waals surface area (Å²) in [4.78, 5) is 16.1. The van der Waals surface area contributed by atoms with Crippen LogP contribution in [0, 0.1) is 6.92 Å². The van der Waals surface area contributed by atoms with Crippen molar-refractivity contribution in [1.82, 2.24) is 20.1 Å². The summed E-state index contributed by atoms with van der Waals surface area (Å²) >= 11 is 0. The average Bonchev–Trinajstić information content (AvgIpc) is 3.27. The monoisotopic (exact) mass is 464 g/mol. The molecule has 1 amide bonds.